The second-order valence-corrected chi connectivity index (χ2v) is 8.85. The molecule has 2 aromatic rings. The molecule has 6 nitrogen and oxygen atoms in total. The third-order valence-electron chi connectivity index (χ3n) is 5.85. The molecular weight excluding hydrogens is 391 g/mol. The number of piperidine rings is 1. The normalized spacial score (nSPS) is 18.6. The zero-order valence-corrected chi connectivity index (χ0v) is 17.1. The van der Waals surface area contributed by atoms with Crippen LogP contribution < -0.4 is 5.32 Å². The second kappa shape index (κ2) is 8.98. The molecule has 1 saturated heterocycles. The number of hydrogen-bond donors (Lipinski definition) is 1. The third-order valence-corrected chi connectivity index (χ3v) is 6.93. The van der Waals surface area contributed by atoms with E-state index in [-0.39, 0.29) is 23.6 Å². The number of hydrogen-bond acceptors (Lipinski definition) is 5. The van der Waals surface area contributed by atoms with E-state index >= 15 is 0 Å². The maximum Gasteiger partial charge on any atom is 0.286 e. The van der Waals surface area contributed by atoms with Crippen molar-refractivity contribution in [3.8, 4) is 0 Å². The van der Waals surface area contributed by atoms with Gasteiger partial charge in [-0.2, -0.15) is 0 Å². The summed E-state index contributed by atoms with van der Waals surface area (Å²) in [6, 6.07) is 5.61. The average Bonchev–Trinajstić information content (AvgIpc) is 3.26. The largest absolute Gasteiger partial charge is 0.342 e. The van der Waals surface area contributed by atoms with E-state index in [9.17, 15) is 14.0 Å². The summed E-state index contributed by atoms with van der Waals surface area (Å²) in [4.78, 5) is 27.1. The minimum Gasteiger partial charge on any atom is -0.342 e. The Kier molecular flexibility index (Phi) is 6.18. The lowest BCUT2D eigenvalue weighted by Crippen LogP contribution is -2.41. The van der Waals surface area contributed by atoms with Crippen LogP contribution in [-0.4, -0.2) is 40.0 Å². The Bertz CT molecular complexity index is 856. The third kappa shape index (κ3) is 4.80. The molecule has 0 bridgehead atoms. The summed E-state index contributed by atoms with van der Waals surface area (Å²) in [5.74, 6) is 0.0680. The van der Waals surface area contributed by atoms with Gasteiger partial charge < -0.3 is 10.2 Å². The molecule has 4 rings (SSSR count). The van der Waals surface area contributed by atoms with E-state index in [1.807, 2.05) is 4.90 Å². The highest BCUT2D eigenvalue weighted by Gasteiger charge is 2.31. The summed E-state index contributed by atoms with van der Waals surface area (Å²) in [6.07, 6.45) is 7.35. The van der Waals surface area contributed by atoms with Crippen molar-refractivity contribution in [1.29, 1.82) is 0 Å². The number of rotatable bonds is 4. The number of amides is 2. The van der Waals surface area contributed by atoms with E-state index in [1.54, 1.807) is 0 Å². The molecule has 1 aliphatic carbocycles. The highest BCUT2D eigenvalue weighted by atomic mass is 32.1. The maximum atomic E-state index is 13.0. The number of likely N-dealkylation sites (tertiary alicyclic amines) is 1. The van der Waals surface area contributed by atoms with Gasteiger partial charge in [-0.15, -0.1) is 10.2 Å². The Morgan fingerprint density at radius 3 is 2.38 bits per heavy atom. The van der Waals surface area contributed by atoms with E-state index in [4.69, 9.17) is 0 Å². The van der Waals surface area contributed by atoms with Gasteiger partial charge in [-0.3, -0.25) is 9.59 Å². The first-order valence-electron chi connectivity index (χ1n) is 10.3. The van der Waals surface area contributed by atoms with Crippen LogP contribution >= 0.6 is 11.3 Å². The number of halogens is 1. The standard InChI is InChI=1S/C21H25FN4O2S/c22-16-6-8-17(9-7-16)23-18(27)20-25-24-19(29-20)14-10-12-26(13-11-14)21(28)15-4-2-1-3-5-15/h6-9,14-15H,1-5,10-13H2,(H,23,27). The number of carbonyl (C=O) groups excluding carboxylic acids is 2. The molecule has 0 spiro atoms. The number of nitrogens with one attached hydrogen (secondary N) is 1. The predicted molar refractivity (Wildman–Crippen MR) is 109 cm³/mol. The summed E-state index contributed by atoms with van der Waals surface area (Å²) >= 11 is 1.30. The van der Waals surface area contributed by atoms with Gasteiger partial charge in [-0.05, 0) is 49.9 Å². The number of carbonyl (C=O) groups is 2. The van der Waals surface area contributed by atoms with Gasteiger partial charge in [-0.25, -0.2) is 4.39 Å². The highest BCUT2D eigenvalue weighted by Crippen LogP contribution is 2.32. The topological polar surface area (TPSA) is 75.2 Å². The first-order valence-corrected chi connectivity index (χ1v) is 11.1. The molecule has 1 aromatic heterocycles. The van der Waals surface area contributed by atoms with Crippen LogP contribution in [0.3, 0.4) is 0 Å². The average molecular weight is 417 g/mol. The Morgan fingerprint density at radius 1 is 1.00 bits per heavy atom. The molecule has 1 N–H and O–H groups in total. The van der Waals surface area contributed by atoms with E-state index in [0.717, 1.165) is 43.8 Å². The molecular formula is C21H25FN4O2S. The smallest absolute Gasteiger partial charge is 0.286 e. The highest BCUT2D eigenvalue weighted by molar-refractivity contribution is 7.13. The summed E-state index contributed by atoms with van der Waals surface area (Å²) in [5.41, 5.74) is 0.516. The van der Waals surface area contributed by atoms with Crippen molar-refractivity contribution in [1.82, 2.24) is 15.1 Å². The molecule has 154 valence electrons. The fraction of sp³-hybridized carbons (Fsp3) is 0.524. The minimum absolute atomic E-state index is 0.212. The van der Waals surface area contributed by atoms with Crippen molar-refractivity contribution in [2.75, 3.05) is 18.4 Å². The maximum absolute atomic E-state index is 13.0. The van der Waals surface area contributed by atoms with Crippen molar-refractivity contribution < 1.29 is 14.0 Å². The van der Waals surface area contributed by atoms with Gasteiger partial charge in [-0.1, -0.05) is 30.6 Å². The van der Waals surface area contributed by atoms with Crippen LogP contribution in [0.1, 0.15) is 65.7 Å². The molecule has 29 heavy (non-hydrogen) atoms. The summed E-state index contributed by atoms with van der Waals surface area (Å²) in [5, 5.41) is 12.1. The van der Waals surface area contributed by atoms with Crippen LogP contribution in [0.5, 0.6) is 0 Å². The minimum atomic E-state index is -0.352. The zero-order chi connectivity index (χ0) is 20.2. The van der Waals surface area contributed by atoms with Crippen LogP contribution in [0.4, 0.5) is 10.1 Å². The van der Waals surface area contributed by atoms with Gasteiger partial charge in [0.25, 0.3) is 5.91 Å². The second-order valence-electron chi connectivity index (χ2n) is 7.84. The molecule has 1 aromatic carbocycles. The lowest BCUT2D eigenvalue weighted by atomic mass is 9.87. The van der Waals surface area contributed by atoms with Gasteiger partial charge >= 0.3 is 0 Å². The molecule has 1 aliphatic heterocycles. The van der Waals surface area contributed by atoms with Crippen molar-refractivity contribution in [3.63, 3.8) is 0 Å². The van der Waals surface area contributed by atoms with Gasteiger partial charge in [0, 0.05) is 30.6 Å². The molecule has 0 unspecified atom stereocenters. The van der Waals surface area contributed by atoms with E-state index in [2.05, 4.69) is 15.5 Å². The van der Waals surface area contributed by atoms with Crippen molar-refractivity contribution in [3.05, 3.63) is 40.1 Å². The first kappa shape index (κ1) is 19.9. The molecule has 0 radical (unpaired) electrons. The van der Waals surface area contributed by atoms with Gasteiger partial charge in [0.2, 0.25) is 10.9 Å². The van der Waals surface area contributed by atoms with E-state index in [0.29, 0.717) is 16.6 Å². The molecule has 8 heteroatoms. The summed E-state index contributed by atoms with van der Waals surface area (Å²) < 4.78 is 13.0. The fourth-order valence-corrected chi connectivity index (χ4v) is 5.07. The van der Waals surface area contributed by atoms with Crippen molar-refractivity contribution in [2.24, 2.45) is 5.92 Å². The molecule has 0 atom stereocenters. The SMILES string of the molecule is O=C(Nc1ccc(F)cc1)c1nnc(C2CCN(C(=O)C3CCCCC3)CC2)s1. The number of nitrogens with zero attached hydrogens (tertiary/aromatic N) is 3. The van der Waals surface area contributed by atoms with E-state index < -0.39 is 0 Å². The van der Waals surface area contributed by atoms with Crippen LogP contribution in [0.25, 0.3) is 0 Å². The molecule has 2 heterocycles. The molecule has 2 amide bonds. The van der Waals surface area contributed by atoms with Gasteiger partial charge in [0.1, 0.15) is 10.8 Å². The van der Waals surface area contributed by atoms with Crippen molar-refractivity contribution in [2.45, 2.75) is 50.9 Å². The van der Waals surface area contributed by atoms with Gasteiger partial charge in [0.15, 0.2) is 0 Å². The van der Waals surface area contributed by atoms with Crippen LogP contribution in [0.15, 0.2) is 24.3 Å². The Balaban J connectivity index is 1.31. The summed E-state index contributed by atoms with van der Waals surface area (Å²) in [7, 11) is 0. The fourth-order valence-electron chi connectivity index (χ4n) is 4.16. The first-order chi connectivity index (χ1) is 14.1. The molecule has 2 aliphatic rings. The predicted octanol–water partition coefficient (Wildman–Crippen LogP) is 4.22. The van der Waals surface area contributed by atoms with E-state index in [1.165, 1.54) is 54.9 Å². The Morgan fingerprint density at radius 2 is 1.69 bits per heavy atom. The van der Waals surface area contributed by atoms with Gasteiger partial charge in [0.05, 0.1) is 0 Å². The zero-order valence-electron chi connectivity index (χ0n) is 16.3. The van der Waals surface area contributed by atoms with Crippen molar-refractivity contribution >= 4 is 28.8 Å². The lowest BCUT2D eigenvalue weighted by molar-refractivity contribution is -0.137. The Hall–Kier alpha value is -2.35. The number of benzene rings is 1. The number of anilines is 1. The quantitative estimate of drug-likeness (QED) is 0.810. The van der Waals surface area contributed by atoms with Crippen LogP contribution in [-0.2, 0) is 4.79 Å². The summed E-state index contributed by atoms with van der Waals surface area (Å²) in [6.45, 7) is 1.49. The Labute approximate surface area is 173 Å². The van der Waals surface area contributed by atoms with Crippen LogP contribution in [0.2, 0.25) is 0 Å². The lowest BCUT2D eigenvalue weighted by Gasteiger charge is -2.34. The number of aromatic nitrogens is 2. The molecule has 1 saturated carbocycles. The van der Waals surface area contributed by atoms with Crippen LogP contribution in [0, 0.1) is 11.7 Å². The molecule has 2 fully saturated rings. The monoisotopic (exact) mass is 416 g/mol.